The van der Waals surface area contributed by atoms with Crippen LogP contribution in [0.5, 0.6) is 5.75 Å². The van der Waals surface area contributed by atoms with Crippen LogP contribution < -0.4 is 4.74 Å². The molecule has 0 radical (unpaired) electrons. The Kier molecular flexibility index (Phi) is 4.13. The Hall–Kier alpha value is -2.80. The first-order chi connectivity index (χ1) is 10.4. The molecule has 0 amide bonds. The van der Waals surface area contributed by atoms with Crippen LogP contribution in [0.2, 0.25) is 0 Å². The molecule has 0 spiro atoms. The monoisotopic (exact) mass is 272 g/mol. The van der Waals surface area contributed by atoms with Crippen molar-refractivity contribution < 1.29 is 4.74 Å². The van der Waals surface area contributed by atoms with Crippen LogP contribution >= 0.6 is 0 Å². The molecule has 3 aromatic carbocycles. The van der Waals surface area contributed by atoms with Gasteiger partial charge in [-0.3, -0.25) is 0 Å². The molecule has 0 fully saturated rings. The van der Waals surface area contributed by atoms with E-state index in [1.54, 1.807) is 0 Å². The van der Waals surface area contributed by atoms with E-state index in [-0.39, 0.29) is 0 Å². The molecule has 0 aliphatic carbocycles. The maximum Gasteiger partial charge on any atom is 0.135 e. The highest BCUT2D eigenvalue weighted by molar-refractivity contribution is 5.78. The SMILES string of the molecule is C(=C(Oc1ccccc1)c1ccccc1)c1ccccc1. The molecular weight excluding hydrogens is 256 g/mol. The van der Waals surface area contributed by atoms with E-state index in [1.165, 1.54) is 0 Å². The summed E-state index contributed by atoms with van der Waals surface area (Å²) in [5.74, 6) is 1.68. The van der Waals surface area contributed by atoms with Crippen molar-refractivity contribution in [3.05, 3.63) is 102 Å². The van der Waals surface area contributed by atoms with E-state index in [4.69, 9.17) is 4.74 Å². The summed E-state index contributed by atoms with van der Waals surface area (Å²) in [5.41, 5.74) is 2.18. The normalized spacial score (nSPS) is 11.1. The molecule has 1 heteroatoms. The Morgan fingerprint density at radius 1 is 0.619 bits per heavy atom. The fourth-order valence-electron chi connectivity index (χ4n) is 2.09. The van der Waals surface area contributed by atoms with Crippen molar-refractivity contribution in [3.63, 3.8) is 0 Å². The number of hydrogen-bond donors (Lipinski definition) is 0. The van der Waals surface area contributed by atoms with E-state index in [2.05, 4.69) is 30.3 Å². The van der Waals surface area contributed by atoms with Gasteiger partial charge in [-0.25, -0.2) is 0 Å². The first-order valence-corrected chi connectivity index (χ1v) is 6.97. The molecule has 0 bridgehead atoms. The summed E-state index contributed by atoms with van der Waals surface area (Å²) in [5, 5.41) is 0. The Morgan fingerprint density at radius 2 is 1.14 bits per heavy atom. The third kappa shape index (κ3) is 3.61. The summed E-state index contributed by atoms with van der Waals surface area (Å²) in [6.45, 7) is 0. The van der Waals surface area contributed by atoms with Gasteiger partial charge in [-0.15, -0.1) is 0 Å². The lowest BCUT2D eigenvalue weighted by molar-refractivity contribution is 0.518. The lowest BCUT2D eigenvalue weighted by atomic mass is 10.1. The quantitative estimate of drug-likeness (QED) is 0.465. The molecule has 0 aliphatic rings. The number of para-hydroxylation sites is 1. The molecule has 0 aliphatic heterocycles. The lowest BCUT2D eigenvalue weighted by Gasteiger charge is -2.10. The highest BCUT2D eigenvalue weighted by atomic mass is 16.5. The van der Waals surface area contributed by atoms with Gasteiger partial charge >= 0.3 is 0 Å². The molecule has 0 N–H and O–H groups in total. The van der Waals surface area contributed by atoms with Gasteiger partial charge in [0.1, 0.15) is 11.5 Å². The van der Waals surface area contributed by atoms with E-state index < -0.39 is 0 Å². The zero-order chi connectivity index (χ0) is 14.3. The van der Waals surface area contributed by atoms with Gasteiger partial charge in [0.25, 0.3) is 0 Å². The minimum absolute atomic E-state index is 0.837. The maximum atomic E-state index is 6.07. The molecule has 0 atom stereocenters. The van der Waals surface area contributed by atoms with Gasteiger partial charge in [-0.05, 0) is 23.8 Å². The first kappa shape index (κ1) is 13.2. The van der Waals surface area contributed by atoms with Crippen molar-refractivity contribution in [2.75, 3.05) is 0 Å². The average molecular weight is 272 g/mol. The molecule has 1 nitrogen and oxygen atoms in total. The highest BCUT2D eigenvalue weighted by Crippen LogP contribution is 2.23. The fourth-order valence-corrected chi connectivity index (χ4v) is 2.09. The number of benzene rings is 3. The van der Waals surface area contributed by atoms with Crippen LogP contribution in [0.1, 0.15) is 11.1 Å². The van der Waals surface area contributed by atoms with Gasteiger partial charge in [0.15, 0.2) is 0 Å². The van der Waals surface area contributed by atoms with E-state index in [0.717, 1.165) is 22.6 Å². The molecular formula is C20H16O. The number of hydrogen-bond acceptors (Lipinski definition) is 1. The van der Waals surface area contributed by atoms with Gasteiger partial charge in [-0.1, -0.05) is 78.9 Å². The minimum atomic E-state index is 0.837. The van der Waals surface area contributed by atoms with Gasteiger partial charge in [0.2, 0.25) is 0 Å². The Balaban J connectivity index is 1.97. The Bertz CT molecular complexity index is 701. The molecule has 0 aromatic heterocycles. The summed E-state index contributed by atoms with van der Waals surface area (Å²) in [7, 11) is 0. The highest BCUT2D eigenvalue weighted by Gasteiger charge is 2.04. The summed E-state index contributed by atoms with van der Waals surface area (Å²) in [4.78, 5) is 0. The summed E-state index contributed by atoms with van der Waals surface area (Å²) in [6.07, 6.45) is 2.06. The molecule has 3 rings (SSSR count). The Labute approximate surface area is 125 Å². The van der Waals surface area contributed by atoms with Crippen LogP contribution in [0, 0.1) is 0 Å². The molecule has 0 unspecified atom stereocenters. The van der Waals surface area contributed by atoms with Crippen molar-refractivity contribution in [3.8, 4) is 5.75 Å². The van der Waals surface area contributed by atoms with Crippen molar-refractivity contribution >= 4 is 11.8 Å². The predicted octanol–water partition coefficient (Wildman–Crippen LogP) is 5.26. The maximum absolute atomic E-state index is 6.07. The van der Waals surface area contributed by atoms with Crippen LogP contribution in [-0.4, -0.2) is 0 Å². The average Bonchev–Trinajstić information content (AvgIpc) is 2.57. The molecule has 102 valence electrons. The van der Waals surface area contributed by atoms with Crippen LogP contribution in [0.4, 0.5) is 0 Å². The minimum Gasteiger partial charge on any atom is -0.457 e. The van der Waals surface area contributed by atoms with Crippen molar-refractivity contribution in [2.24, 2.45) is 0 Å². The molecule has 3 aromatic rings. The van der Waals surface area contributed by atoms with Crippen LogP contribution in [0.25, 0.3) is 11.8 Å². The van der Waals surface area contributed by atoms with Crippen molar-refractivity contribution in [2.45, 2.75) is 0 Å². The Morgan fingerprint density at radius 3 is 1.76 bits per heavy atom. The second-order valence-corrected chi connectivity index (χ2v) is 4.70. The third-order valence-electron chi connectivity index (χ3n) is 3.13. The van der Waals surface area contributed by atoms with Gasteiger partial charge in [0, 0.05) is 5.56 Å². The lowest BCUT2D eigenvalue weighted by Crippen LogP contribution is -1.94. The molecule has 21 heavy (non-hydrogen) atoms. The summed E-state index contributed by atoms with van der Waals surface area (Å²) >= 11 is 0. The van der Waals surface area contributed by atoms with Gasteiger partial charge in [-0.2, -0.15) is 0 Å². The number of rotatable bonds is 4. The van der Waals surface area contributed by atoms with Crippen molar-refractivity contribution in [1.29, 1.82) is 0 Å². The van der Waals surface area contributed by atoms with Crippen LogP contribution in [0.15, 0.2) is 91.0 Å². The third-order valence-corrected chi connectivity index (χ3v) is 3.13. The van der Waals surface area contributed by atoms with Crippen molar-refractivity contribution in [1.82, 2.24) is 0 Å². The van der Waals surface area contributed by atoms with Crippen LogP contribution in [-0.2, 0) is 0 Å². The van der Waals surface area contributed by atoms with Gasteiger partial charge < -0.3 is 4.74 Å². The molecule has 0 heterocycles. The summed E-state index contributed by atoms with van der Waals surface area (Å²) < 4.78 is 6.07. The molecule has 0 saturated heterocycles. The van der Waals surface area contributed by atoms with E-state index in [0.29, 0.717) is 0 Å². The smallest absolute Gasteiger partial charge is 0.135 e. The van der Waals surface area contributed by atoms with E-state index in [1.807, 2.05) is 66.7 Å². The van der Waals surface area contributed by atoms with E-state index >= 15 is 0 Å². The fraction of sp³-hybridized carbons (Fsp3) is 0. The zero-order valence-electron chi connectivity index (χ0n) is 11.6. The van der Waals surface area contributed by atoms with E-state index in [9.17, 15) is 0 Å². The predicted molar refractivity (Wildman–Crippen MR) is 87.8 cm³/mol. The second-order valence-electron chi connectivity index (χ2n) is 4.70. The van der Waals surface area contributed by atoms with Crippen LogP contribution in [0.3, 0.4) is 0 Å². The standard InChI is InChI=1S/C20H16O/c1-4-10-17(11-5-1)16-20(18-12-6-2-7-13-18)21-19-14-8-3-9-15-19/h1-16H. The largest absolute Gasteiger partial charge is 0.457 e. The first-order valence-electron chi connectivity index (χ1n) is 6.97. The topological polar surface area (TPSA) is 9.23 Å². The summed E-state index contributed by atoms with van der Waals surface area (Å²) in [6, 6.07) is 30.2. The molecule has 0 saturated carbocycles. The van der Waals surface area contributed by atoms with Gasteiger partial charge in [0.05, 0.1) is 0 Å². The number of ether oxygens (including phenoxy) is 1. The zero-order valence-corrected chi connectivity index (χ0v) is 11.6. The second kappa shape index (κ2) is 6.58.